The van der Waals surface area contributed by atoms with Crippen LogP contribution in [0.2, 0.25) is 0 Å². The quantitative estimate of drug-likeness (QED) is 0.333. The standard InChI is InChI=1S/C27H36N4O4S3/c1-16(2)35-26(32)30-20-10-7-18(8-11-20)25-29-15-23(37-25)21-12-9-19(22-14-28-17(3)36-22)13-24(21)38(33,34)31-27(4,5)6/h9,12-16,18,20,31H,7-8,10-11H2,1-6H3,(H,30,32). The van der Waals surface area contributed by atoms with Crippen LogP contribution in [0.3, 0.4) is 0 Å². The van der Waals surface area contributed by atoms with Gasteiger partial charge in [0, 0.05) is 35.5 Å². The number of rotatable bonds is 7. The molecule has 0 bridgehead atoms. The summed E-state index contributed by atoms with van der Waals surface area (Å²) in [6.45, 7) is 11.1. The van der Waals surface area contributed by atoms with Gasteiger partial charge in [-0.15, -0.1) is 22.7 Å². The Balaban J connectivity index is 1.58. The zero-order valence-corrected chi connectivity index (χ0v) is 25.1. The predicted octanol–water partition coefficient (Wildman–Crippen LogP) is 6.48. The smallest absolute Gasteiger partial charge is 0.407 e. The second-order valence-electron chi connectivity index (χ2n) is 11.0. The maximum atomic E-state index is 13.5. The number of aromatic nitrogens is 2. The van der Waals surface area contributed by atoms with Crippen molar-refractivity contribution in [2.45, 2.75) is 95.7 Å². The molecule has 0 aliphatic heterocycles. The molecule has 2 N–H and O–H groups in total. The molecule has 11 heteroatoms. The summed E-state index contributed by atoms with van der Waals surface area (Å²) in [7, 11) is -3.80. The third-order valence-electron chi connectivity index (χ3n) is 6.15. The normalized spacial score (nSPS) is 18.5. The van der Waals surface area contributed by atoms with E-state index in [1.54, 1.807) is 29.8 Å². The predicted molar refractivity (Wildman–Crippen MR) is 153 cm³/mol. The molecule has 0 atom stereocenters. The van der Waals surface area contributed by atoms with E-state index in [0.717, 1.165) is 51.0 Å². The number of sulfonamides is 1. The number of benzene rings is 1. The molecule has 206 valence electrons. The van der Waals surface area contributed by atoms with Gasteiger partial charge in [0.25, 0.3) is 0 Å². The first-order valence-corrected chi connectivity index (χ1v) is 16.0. The maximum absolute atomic E-state index is 13.5. The summed E-state index contributed by atoms with van der Waals surface area (Å²) in [5.74, 6) is 0.278. The van der Waals surface area contributed by atoms with Gasteiger partial charge in [-0.25, -0.2) is 27.9 Å². The minimum atomic E-state index is -3.80. The summed E-state index contributed by atoms with van der Waals surface area (Å²) in [5.41, 5.74) is 0.836. The molecular formula is C27H36N4O4S3. The molecule has 4 rings (SSSR count). The molecule has 0 spiro atoms. The number of hydrogen-bond acceptors (Lipinski definition) is 8. The number of hydrogen-bond donors (Lipinski definition) is 2. The molecule has 0 radical (unpaired) electrons. The number of alkyl carbamates (subject to hydrolysis) is 1. The van der Waals surface area contributed by atoms with Crippen molar-refractivity contribution in [2.24, 2.45) is 0 Å². The monoisotopic (exact) mass is 576 g/mol. The van der Waals surface area contributed by atoms with Gasteiger partial charge in [0.05, 0.1) is 30.8 Å². The first-order valence-electron chi connectivity index (χ1n) is 12.8. The van der Waals surface area contributed by atoms with E-state index in [2.05, 4.69) is 15.0 Å². The molecule has 1 saturated carbocycles. The topological polar surface area (TPSA) is 110 Å². The van der Waals surface area contributed by atoms with Gasteiger partial charge in [-0.1, -0.05) is 12.1 Å². The van der Waals surface area contributed by atoms with Crippen molar-refractivity contribution in [3.8, 4) is 20.9 Å². The third-order valence-corrected chi connectivity index (χ3v) is 10.1. The highest BCUT2D eigenvalue weighted by Crippen LogP contribution is 2.40. The van der Waals surface area contributed by atoms with Crippen LogP contribution < -0.4 is 10.0 Å². The van der Waals surface area contributed by atoms with Gasteiger partial charge in [-0.3, -0.25) is 0 Å². The van der Waals surface area contributed by atoms with Crippen LogP contribution in [-0.2, 0) is 14.8 Å². The Morgan fingerprint density at radius 3 is 2.34 bits per heavy atom. The van der Waals surface area contributed by atoms with Crippen LogP contribution in [0.25, 0.3) is 20.9 Å². The number of nitrogens with one attached hydrogen (secondary N) is 2. The number of aryl methyl sites for hydroxylation is 1. The second kappa shape index (κ2) is 11.4. The summed E-state index contributed by atoms with van der Waals surface area (Å²) < 4.78 is 35.1. The van der Waals surface area contributed by atoms with Crippen LogP contribution in [0.4, 0.5) is 4.79 Å². The van der Waals surface area contributed by atoms with Gasteiger partial charge < -0.3 is 10.1 Å². The van der Waals surface area contributed by atoms with Crippen LogP contribution in [0, 0.1) is 6.92 Å². The summed E-state index contributed by atoms with van der Waals surface area (Å²) >= 11 is 3.08. The lowest BCUT2D eigenvalue weighted by atomic mass is 9.86. The molecule has 2 heterocycles. The highest BCUT2D eigenvalue weighted by atomic mass is 32.2. The Hall–Kier alpha value is -2.34. The number of carbonyl (C=O) groups excluding carboxylic acids is 1. The minimum Gasteiger partial charge on any atom is -0.447 e. The molecule has 1 aliphatic rings. The molecule has 1 aromatic carbocycles. The van der Waals surface area contributed by atoms with Gasteiger partial charge >= 0.3 is 6.09 Å². The fourth-order valence-electron chi connectivity index (χ4n) is 4.55. The Morgan fingerprint density at radius 2 is 1.74 bits per heavy atom. The van der Waals surface area contributed by atoms with E-state index in [-0.39, 0.29) is 29.1 Å². The molecule has 0 saturated heterocycles. The molecule has 3 aromatic rings. The third kappa shape index (κ3) is 7.19. The minimum absolute atomic E-state index is 0.0973. The van der Waals surface area contributed by atoms with Crippen LogP contribution in [-0.4, -0.2) is 42.2 Å². The highest BCUT2D eigenvalue weighted by Gasteiger charge is 2.29. The van der Waals surface area contributed by atoms with Crippen LogP contribution in [0.1, 0.15) is 76.2 Å². The van der Waals surface area contributed by atoms with E-state index in [4.69, 9.17) is 9.72 Å². The molecule has 1 aliphatic carbocycles. The summed E-state index contributed by atoms with van der Waals surface area (Å²) in [6, 6.07) is 5.66. The molecule has 38 heavy (non-hydrogen) atoms. The van der Waals surface area contributed by atoms with Crippen molar-refractivity contribution in [2.75, 3.05) is 0 Å². The average molecular weight is 577 g/mol. The number of nitrogens with zero attached hydrogens (tertiary/aromatic N) is 2. The Kier molecular flexibility index (Phi) is 8.61. The van der Waals surface area contributed by atoms with Crippen LogP contribution in [0.15, 0.2) is 35.5 Å². The van der Waals surface area contributed by atoms with Crippen LogP contribution in [0.5, 0.6) is 0 Å². The largest absolute Gasteiger partial charge is 0.447 e. The lowest BCUT2D eigenvalue weighted by Gasteiger charge is -2.28. The van der Waals surface area contributed by atoms with Crippen molar-refractivity contribution >= 4 is 38.8 Å². The summed E-state index contributed by atoms with van der Waals surface area (Å²) in [5, 5.41) is 4.88. The number of carbonyl (C=O) groups is 1. The van der Waals surface area contributed by atoms with Gasteiger partial charge in [-0.05, 0) is 78.9 Å². The number of amides is 1. The highest BCUT2D eigenvalue weighted by molar-refractivity contribution is 7.89. The Labute approximate surface area is 233 Å². The van der Waals surface area contributed by atoms with Gasteiger partial charge in [0.15, 0.2) is 0 Å². The average Bonchev–Trinajstić information content (AvgIpc) is 3.47. The van der Waals surface area contributed by atoms with Gasteiger partial charge in [0.2, 0.25) is 10.0 Å². The zero-order chi connectivity index (χ0) is 27.7. The molecule has 0 unspecified atom stereocenters. The van der Waals surface area contributed by atoms with Crippen LogP contribution >= 0.6 is 22.7 Å². The lowest BCUT2D eigenvalue weighted by Crippen LogP contribution is -2.40. The lowest BCUT2D eigenvalue weighted by molar-refractivity contribution is 0.109. The van der Waals surface area contributed by atoms with Crippen molar-refractivity contribution in [3.63, 3.8) is 0 Å². The van der Waals surface area contributed by atoms with E-state index in [9.17, 15) is 13.2 Å². The first kappa shape index (κ1) is 28.7. The van der Waals surface area contributed by atoms with Crippen molar-refractivity contribution < 1.29 is 17.9 Å². The molecule has 1 amide bonds. The van der Waals surface area contributed by atoms with E-state index >= 15 is 0 Å². The van der Waals surface area contributed by atoms with Crippen molar-refractivity contribution in [3.05, 3.63) is 40.6 Å². The van der Waals surface area contributed by atoms with E-state index in [0.29, 0.717) is 5.56 Å². The molecular weight excluding hydrogens is 541 g/mol. The fraction of sp³-hybridized carbons (Fsp3) is 0.519. The molecule has 8 nitrogen and oxygen atoms in total. The molecule has 1 fully saturated rings. The van der Waals surface area contributed by atoms with E-state index < -0.39 is 15.6 Å². The molecule has 2 aromatic heterocycles. The van der Waals surface area contributed by atoms with Crippen molar-refractivity contribution in [1.82, 2.24) is 20.0 Å². The second-order valence-corrected chi connectivity index (χ2v) is 15.0. The van der Waals surface area contributed by atoms with Gasteiger partial charge in [-0.2, -0.15) is 0 Å². The maximum Gasteiger partial charge on any atom is 0.407 e. The first-order chi connectivity index (χ1) is 17.8. The fourth-order valence-corrected chi connectivity index (χ4v) is 8.19. The summed E-state index contributed by atoms with van der Waals surface area (Å²) in [4.78, 5) is 23.0. The van der Waals surface area contributed by atoms with E-state index in [1.807, 2.05) is 53.7 Å². The number of thiazole rings is 2. The summed E-state index contributed by atoms with van der Waals surface area (Å²) in [6.07, 6.45) is 6.56. The SMILES string of the molecule is Cc1ncc(-c2ccc(-c3cnc(C4CCC(NC(=O)OC(C)C)CC4)s3)c(S(=O)(=O)NC(C)(C)C)c2)s1. The Morgan fingerprint density at radius 1 is 1.05 bits per heavy atom. The Bertz CT molecular complexity index is 1380. The zero-order valence-electron chi connectivity index (χ0n) is 22.7. The van der Waals surface area contributed by atoms with Gasteiger partial charge in [0.1, 0.15) is 0 Å². The van der Waals surface area contributed by atoms with E-state index in [1.165, 1.54) is 11.3 Å². The van der Waals surface area contributed by atoms with Crippen molar-refractivity contribution in [1.29, 1.82) is 0 Å². The number of ether oxygens (including phenoxy) is 1.